The Bertz CT molecular complexity index is 1400. The summed E-state index contributed by atoms with van der Waals surface area (Å²) in [5.74, 6) is -1.45. The van der Waals surface area contributed by atoms with Crippen molar-refractivity contribution in [2.45, 2.75) is 62.4 Å². The van der Waals surface area contributed by atoms with Gasteiger partial charge in [0.15, 0.2) is 0 Å². The smallest absolute Gasteiger partial charge is 0.303 e. The fourth-order valence-corrected chi connectivity index (χ4v) is 6.22. The van der Waals surface area contributed by atoms with Crippen molar-refractivity contribution in [3.63, 3.8) is 0 Å². The minimum absolute atomic E-state index is 0.0496. The summed E-state index contributed by atoms with van der Waals surface area (Å²) in [6.45, 7) is 1.85. The van der Waals surface area contributed by atoms with Crippen LogP contribution in [0.3, 0.4) is 0 Å². The van der Waals surface area contributed by atoms with Crippen molar-refractivity contribution >= 4 is 21.9 Å². The molecule has 1 amide bonds. The highest BCUT2D eigenvalue weighted by Crippen LogP contribution is 2.28. The van der Waals surface area contributed by atoms with Gasteiger partial charge in [-0.25, -0.2) is 17.5 Å². The molecule has 1 aliphatic rings. The average molecular weight is 553 g/mol. The Hall–Kier alpha value is -3.56. The van der Waals surface area contributed by atoms with Crippen molar-refractivity contribution in [1.29, 1.82) is 0 Å². The Kier molecular flexibility index (Phi) is 9.14. The summed E-state index contributed by atoms with van der Waals surface area (Å²) in [6.07, 6.45) is 2.75. The fourth-order valence-electron chi connectivity index (χ4n) is 4.91. The lowest BCUT2D eigenvalue weighted by Crippen LogP contribution is -2.41. The van der Waals surface area contributed by atoms with Crippen LogP contribution >= 0.6 is 0 Å². The monoisotopic (exact) mass is 552 g/mol. The number of hydrogen-bond donors (Lipinski definition) is 3. The number of carbonyl (C=O) groups is 2. The minimum Gasteiger partial charge on any atom is -0.481 e. The first kappa shape index (κ1) is 28.4. The maximum atomic E-state index is 13.2. The Morgan fingerprint density at radius 1 is 0.949 bits per heavy atom. The van der Waals surface area contributed by atoms with E-state index in [1.54, 1.807) is 36.4 Å². The van der Waals surface area contributed by atoms with Gasteiger partial charge in [-0.05, 0) is 85.5 Å². The van der Waals surface area contributed by atoms with E-state index in [1.807, 2.05) is 31.2 Å². The number of carbonyl (C=O) groups excluding carboxylic acids is 1. The molecule has 0 aromatic heterocycles. The Morgan fingerprint density at radius 2 is 1.62 bits per heavy atom. The Balaban J connectivity index is 1.30. The molecular formula is C30H33FN2O5S. The van der Waals surface area contributed by atoms with Crippen LogP contribution in [0.2, 0.25) is 0 Å². The summed E-state index contributed by atoms with van der Waals surface area (Å²) in [5.41, 5.74) is 3.46. The minimum atomic E-state index is -3.73. The van der Waals surface area contributed by atoms with E-state index in [2.05, 4.69) is 10.0 Å². The van der Waals surface area contributed by atoms with Gasteiger partial charge in [-0.3, -0.25) is 9.59 Å². The molecule has 0 aliphatic heterocycles. The van der Waals surface area contributed by atoms with Gasteiger partial charge in [0.05, 0.1) is 10.9 Å². The zero-order valence-corrected chi connectivity index (χ0v) is 22.6. The van der Waals surface area contributed by atoms with E-state index in [-0.39, 0.29) is 41.0 Å². The first-order valence-corrected chi connectivity index (χ1v) is 14.6. The van der Waals surface area contributed by atoms with Gasteiger partial charge < -0.3 is 10.4 Å². The third-order valence-electron chi connectivity index (χ3n) is 7.20. The van der Waals surface area contributed by atoms with Crippen molar-refractivity contribution in [1.82, 2.24) is 10.0 Å². The maximum Gasteiger partial charge on any atom is 0.303 e. The Morgan fingerprint density at radius 3 is 2.26 bits per heavy atom. The lowest BCUT2D eigenvalue weighted by molar-refractivity contribution is -0.137. The molecule has 3 aromatic rings. The van der Waals surface area contributed by atoms with Crippen LogP contribution in [0, 0.1) is 11.7 Å². The van der Waals surface area contributed by atoms with E-state index >= 15 is 0 Å². The molecular weight excluding hydrogens is 519 g/mol. The van der Waals surface area contributed by atoms with Gasteiger partial charge in [0.25, 0.3) is 0 Å². The number of benzene rings is 3. The molecule has 7 nitrogen and oxygen atoms in total. The number of rotatable bonds is 10. The van der Waals surface area contributed by atoms with Crippen LogP contribution in [0.5, 0.6) is 0 Å². The largest absolute Gasteiger partial charge is 0.481 e. The first-order valence-electron chi connectivity index (χ1n) is 13.1. The molecule has 0 bridgehead atoms. The number of carboxylic acid groups (broad SMARTS) is 1. The van der Waals surface area contributed by atoms with Crippen molar-refractivity contribution in [3.8, 4) is 11.1 Å². The van der Waals surface area contributed by atoms with Gasteiger partial charge in [0.2, 0.25) is 15.9 Å². The van der Waals surface area contributed by atoms with Crippen LogP contribution < -0.4 is 10.0 Å². The van der Waals surface area contributed by atoms with Crippen LogP contribution in [0.25, 0.3) is 11.1 Å². The van der Waals surface area contributed by atoms with Crippen LogP contribution in [-0.2, 0) is 26.0 Å². The summed E-state index contributed by atoms with van der Waals surface area (Å²) < 4.78 is 42.0. The van der Waals surface area contributed by atoms with Gasteiger partial charge in [-0.1, -0.05) is 48.5 Å². The summed E-state index contributed by atoms with van der Waals surface area (Å²) in [5, 5.41) is 11.9. The van der Waals surface area contributed by atoms with E-state index in [1.165, 1.54) is 12.1 Å². The summed E-state index contributed by atoms with van der Waals surface area (Å²) >= 11 is 0. The van der Waals surface area contributed by atoms with E-state index in [0.717, 1.165) is 22.3 Å². The number of hydrogen-bond acceptors (Lipinski definition) is 4. The zero-order valence-electron chi connectivity index (χ0n) is 21.8. The predicted molar refractivity (Wildman–Crippen MR) is 147 cm³/mol. The third kappa shape index (κ3) is 7.74. The number of aryl methyl sites for hydroxylation is 1. The van der Waals surface area contributed by atoms with E-state index in [4.69, 9.17) is 5.11 Å². The molecule has 0 heterocycles. The van der Waals surface area contributed by atoms with Gasteiger partial charge >= 0.3 is 5.97 Å². The topological polar surface area (TPSA) is 113 Å². The number of halogens is 1. The Labute approximate surface area is 228 Å². The molecule has 3 aromatic carbocycles. The second kappa shape index (κ2) is 12.5. The van der Waals surface area contributed by atoms with Gasteiger partial charge in [-0.2, -0.15) is 0 Å². The molecule has 3 N–H and O–H groups in total. The summed E-state index contributed by atoms with van der Waals surface area (Å²) in [6, 6.07) is 19.7. The average Bonchev–Trinajstić information content (AvgIpc) is 2.92. The fraction of sp³-hybridized carbons (Fsp3) is 0.333. The zero-order chi connectivity index (χ0) is 28.0. The number of nitrogens with one attached hydrogen (secondary N) is 2. The van der Waals surface area contributed by atoms with Crippen LogP contribution in [0.4, 0.5) is 4.39 Å². The maximum absolute atomic E-state index is 13.2. The van der Waals surface area contributed by atoms with Crippen molar-refractivity contribution < 1.29 is 27.5 Å². The SMILES string of the molecule is CC(NC(=O)C1CCC(NS(=O)(=O)c2ccc(-c3cccc(CCC(=O)O)c3)cc2)CC1)c1ccc(F)cc1. The molecule has 9 heteroatoms. The second-order valence-electron chi connectivity index (χ2n) is 10.1. The molecule has 1 saturated carbocycles. The van der Waals surface area contributed by atoms with Crippen LogP contribution in [0.1, 0.15) is 56.2 Å². The van der Waals surface area contributed by atoms with E-state index < -0.39 is 16.0 Å². The number of amides is 1. The predicted octanol–water partition coefficient (Wildman–Crippen LogP) is 5.22. The molecule has 4 rings (SSSR count). The van der Waals surface area contributed by atoms with Crippen molar-refractivity contribution in [2.75, 3.05) is 0 Å². The first-order chi connectivity index (χ1) is 18.6. The quantitative estimate of drug-likeness (QED) is 0.319. The van der Waals surface area contributed by atoms with Crippen molar-refractivity contribution in [2.24, 2.45) is 5.92 Å². The second-order valence-corrected chi connectivity index (χ2v) is 11.8. The standard InChI is InChI=1S/C30H33FN2O5S/c1-20(22-6-12-26(31)13-7-22)32-30(36)24-8-14-27(15-9-24)33-39(37,38)28-16-10-23(11-17-28)25-4-2-3-21(19-25)5-18-29(34)35/h2-4,6-7,10-13,16-17,19-20,24,27,33H,5,8-9,14-15,18H2,1H3,(H,32,36)(H,34,35). The third-order valence-corrected chi connectivity index (χ3v) is 8.74. The molecule has 1 aliphatic carbocycles. The molecule has 1 unspecified atom stereocenters. The van der Waals surface area contributed by atoms with Gasteiger partial charge in [0, 0.05) is 18.4 Å². The highest BCUT2D eigenvalue weighted by Gasteiger charge is 2.29. The van der Waals surface area contributed by atoms with Gasteiger partial charge in [-0.15, -0.1) is 0 Å². The lowest BCUT2D eigenvalue weighted by Gasteiger charge is -2.29. The van der Waals surface area contributed by atoms with Crippen LogP contribution in [-0.4, -0.2) is 31.4 Å². The molecule has 0 saturated heterocycles. The molecule has 0 spiro atoms. The van der Waals surface area contributed by atoms with Crippen molar-refractivity contribution in [3.05, 3.63) is 89.7 Å². The molecule has 39 heavy (non-hydrogen) atoms. The molecule has 1 atom stereocenters. The van der Waals surface area contributed by atoms with Crippen LogP contribution in [0.15, 0.2) is 77.7 Å². The normalized spacial score (nSPS) is 18.3. The number of sulfonamides is 1. The highest BCUT2D eigenvalue weighted by molar-refractivity contribution is 7.89. The molecule has 206 valence electrons. The summed E-state index contributed by atoms with van der Waals surface area (Å²) in [4.78, 5) is 23.8. The van der Waals surface area contributed by atoms with E-state index in [0.29, 0.717) is 32.1 Å². The molecule has 1 fully saturated rings. The highest BCUT2D eigenvalue weighted by atomic mass is 32.2. The molecule has 0 radical (unpaired) electrons. The van der Waals surface area contributed by atoms with E-state index in [9.17, 15) is 22.4 Å². The summed E-state index contributed by atoms with van der Waals surface area (Å²) in [7, 11) is -3.73. The van der Waals surface area contributed by atoms with Gasteiger partial charge in [0.1, 0.15) is 5.82 Å². The lowest BCUT2D eigenvalue weighted by atomic mass is 9.85. The number of carboxylic acids is 1. The number of aliphatic carboxylic acids is 1.